The van der Waals surface area contributed by atoms with Crippen LogP contribution in [-0.4, -0.2) is 22.1 Å². The number of carbonyl (C=O) groups excluding carboxylic acids is 1. The van der Waals surface area contributed by atoms with E-state index in [4.69, 9.17) is 5.11 Å². The number of rotatable bonds is 4. The molecule has 1 heterocycles. The van der Waals surface area contributed by atoms with E-state index in [-0.39, 0.29) is 17.9 Å². The fraction of sp³-hybridized carbons (Fsp3) is 0.143. The first kappa shape index (κ1) is 14.6. The Balaban J connectivity index is 1.99. The highest BCUT2D eigenvalue weighted by molar-refractivity contribution is 5.99. The molecule has 7 heteroatoms. The van der Waals surface area contributed by atoms with Crippen LogP contribution in [0.25, 0.3) is 0 Å². The smallest absolute Gasteiger partial charge is 0.354 e. The minimum Gasteiger partial charge on any atom is -0.477 e. The predicted molar refractivity (Wildman–Crippen MR) is 74.7 cm³/mol. The van der Waals surface area contributed by atoms with E-state index in [0.717, 1.165) is 0 Å². The summed E-state index contributed by atoms with van der Waals surface area (Å²) in [4.78, 5) is 25.3. The van der Waals surface area contributed by atoms with Gasteiger partial charge in [0.1, 0.15) is 11.5 Å². The highest BCUT2D eigenvalue weighted by Crippen LogP contribution is 2.16. The van der Waals surface area contributed by atoms with Crippen molar-refractivity contribution in [1.29, 1.82) is 0 Å². The Morgan fingerprint density at radius 2 is 2.05 bits per heavy atom. The predicted octanol–water partition coefficient (Wildman–Crippen LogP) is 2.48. The molecule has 0 unspecified atom stereocenters. The van der Waals surface area contributed by atoms with Crippen LogP contribution < -0.4 is 10.6 Å². The molecule has 0 radical (unpaired) electrons. The molecule has 0 fully saturated rings. The number of amides is 2. The lowest BCUT2D eigenvalue weighted by Gasteiger charge is -2.07. The summed E-state index contributed by atoms with van der Waals surface area (Å²) in [6.45, 7) is 1.68. The third kappa shape index (κ3) is 3.59. The molecule has 0 aliphatic carbocycles. The average molecular weight is 291 g/mol. The minimum atomic E-state index is -1.17. The largest absolute Gasteiger partial charge is 0.477 e. The van der Waals surface area contributed by atoms with Gasteiger partial charge in [-0.2, -0.15) is 0 Å². The Kier molecular flexibility index (Phi) is 4.22. The maximum atomic E-state index is 13.4. The van der Waals surface area contributed by atoms with Crippen LogP contribution in [0.5, 0.6) is 0 Å². The van der Waals surface area contributed by atoms with Gasteiger partial charge in [0.15, 0.2) is 0 Å². The number of hydrogen-bond donors (Lipinski definition) is 4. The van der Waals surface area contributed by atoms with Crippen molar-refractivity contribution in [1.82, 2.24) is 10.3 Å². The molecule has 0 aliphatic heterocycles. The molecular weight excluding hydrogens is 277 g/mol. The van der Waals surface area contributed by atoms with Crippen LogP contribution in [0.3, 0.4) is 0 Å². The standard InChI is InChI=1S/C14H14FN3O3/c1-8-6-11(12(17-8)13(19)20)18-14(21)16-7-9-4-2-3-5-10(9)15/h2-6,17H,7H2,1H3,(H,19,20)(H2,16,18,21). The molecular formula is C14H14FN3O3. The molecule has 110 valence electrons. The van der Waals surface area contributed by atoms with Gasteiger partial charge in [-0.3, -0.25) is 0 Å². The number of urea groups is 1. The van der Waals surface area contributed by atoms with Gasteiger partial charge in [0.05, 0.1) is 5.69 Å². The van der Waals surface area contributed by atoms with Gasteiger partial charge in [0, 0.05) is 17.8 Å². The monoisotopic (exact) mass is 291 g/mol. The summed E-state index contributed by atoms with van der Waals surface area (Å²) in [5.74, 6) is -1.59. The Hall–Kier alpha value is -2.83. The van der Waals surface area contributed by atoms with Crippen LogP contribution in [0.1, 0.15) is 21.7 Å². The lowest BCUT2D eigenvalue weighted by molar-refractivity contribution is 0.0692. The van der Waals surface area contributed by atoms with E-state index in [2.05, 4.69) is 15.6 Å². The van der Waals surface area contributed by atoms with E-state index in [9.17, 15) is 14.0 Å². The normalized spacial score (nSPS) is 10.2. The number of benzene rings is 1. The maximum absolute atomic E-state index is 13.4. The topological polar surface area (TPSA) is 94.2 Å². The van der Waals surface area contributed by atoms with Gasteiger partial charge >= 0.3 is 12.0 Å². The zero-order valence-corrected chi connectivity index (χ0v) is 11.2. The molecule has 4 N–H and O–H groups in total. The summed E-state index contributed by atoms with van der Waals surface area (Å²) in [6.07, 6.45) is 0. The van der Waals surface area contributed by atoms with Gasteiger partial charge in [0.2, 0.25) is 0 Å². The summed E-state index contributed by atoms with van der Waals surface area (Å²) in [5.41, 5.74) is 1.01. The Bertz CT molecular complexity index is 682. The first-order valence-corrected chi connectivity index (χ1v) is 6.18. The SMILES string of the molecule is Cc1cc(NC(=O)NCc2ccccc2F)c(C(=O)O)[nH]1. The van der Waals surface area contributed by atoms with E-state index in [0.29, 0.717) is 11.3 Å². The van der Waals surface area contributed by atoms with Crippen molar-refractivity contribution in [3.8, 4) is 0 Å². The summed E-state index contributed by atoms with van der Waals surface area (Å²) < 4.78 is 13.4. The number of aryl methyl sites for hydroxylation is 1. The van der Waals surface area contributed by atoms with E-state index in [1.54, 1.807) is 25.1 Å². The van der Waals surface area contributed by atoms with Gasteiger partial charge in [-0.05, 0) is 19.1 Å². The van der Waals surface area contributed by atoms with Crippen molar-refractivity contribution in [2.45, 2.75) is 13.5 Å². The van der Waals surface area contributed by atoms with Crippen molar-refractivity contribution < 1.29 is 19.1 Å². The fourth-order valence-corrected chi connectivity index (χ4v) is 1.84. The second-order valence-corrected chi connectivity index (χ2v) is 4.45. The maximum Gasteiger partial charge on any atom is 0.354 e. The van der Waals surface area contributed by atoms with Crippen LogP contribution in [-0.2, 0) is 6.54 Å². The van der Waals surface area contributed by atoms with E-state index in [1.165, 1.54) is 12.1 Å². The fourth-order valence-electron chi connectivity index (χ4n) is 1.84. The number of aromatic nitrogens is 1. The minimum absolute atomic E-state index is 0.00428. The highest BCUT2D eigenvalue weighted by Gasteiger charge is 2.15. The first-order chi connectivity index (χ1) is 9.97. The van der Waals surface area contributed by atoms with E-state index < -0.39 is 17.8 Å². The quantitative estimate of drug-likeness (QED) is 0.697. The molecule has 0 saturated carbocycles. The van der Waals surface area contributed by atoms with Crippen molar-refractivity contribution in [3.05, 3.63) is 53.1 Å². The molecule has 1 aromatic carbocycles. The molecule has 2 rings (SSSR count). The Morgan fingerprint density at radius 1 is 1.33 bits per heavy atom. The van der Waals surface area contributed by atoms with Gasteiger partial charge in [0.25, 0.3) is 0 Å². The first-order valence-electron chi connectivity index (χ1n) is 6.18. The number of nitrogens with one attached hydrogen (secondary N) is 3. The van der Waals surface area contributed by atoms with Crippen molar-refractivity contribution in [3.63, 3.8) is 0 Å². The number of anilines is 1. The molecule has 0 saturated heterocycles. The molecule has 1 aromatic heterocycles. The van der Waals surface area contributed by atoms with Crippen LogP contribution in [0.2, 0.25) is 0 Å². The van der Waals surface area contributed by atoms with Gasteiger partial charge in [-0.1, -0.05) is 18.2 Å². The molecule has 21 heavy (non-hydrogen) atoms. The number of carboxylic acid groups (broad SMARTS) is 1. The number of aromatic carboxylic acids is 1. The van der Waals surface area contributed by atoms with E-state index in [1.807, 2.05) is 0 Å². The summed E-state index contributed by atoms with van der Waals surface area (Å²) in [6, 6.07) is 6.97. The third-order valence-electron chi connectivity index (χ3n) is 2.81. The van der Waals surface area contributed by atoms with Crippen LogP contribution >= 0.6 is 0 Å². The second kappa shape index (κ2) is 6.08. The Morgan fingerprint density at radius 3 is 2.71 bits per heavy atom. The highest BCUT2D eigenvalue weighted by atomic mass is 19.1. The average Bonchev–Trinajstić information content (AvgIpc) is 2.79. The Labute approximate surface area is 120 Å². The molecule has 0 spiro atoms. The van der Waals surface area contributed by atoms with Gasteiger partial charge in [-0.25, -0.2) is 14.0 Å². The number of aromatic amines is 1. The lowest BCUT2D eigenvalue weighted by atomic mass is 10.2. The molecule has 0 atom stereocenters. The zero-order valence-electron chi connectivity index (χ0n) is 11.2. The van der Waals surface area contributed by atoms with Crippen LogP contribution in [0, 0.1) is 12.7 Å². The third-order valence-corrected chi connectivity index (χ3v) is 2.81. The zero-order chi connectivity index (χ0) is 15.4. The van der Waals surface area contributed by atoms with Crippen molar-refractivity contribution in [2.24, 2.45) is 0 Å². The lowest BCUT2D eigenvalue weighted by Crippen LogP contribution is -2.29. The molecule has 2 amide bonds. The number of carbonyl (C=O) groups is 2. The second-order valence-electron chi connectivity index (χ2n) is 4.45. The number of H-pyrrole nitrogens is 1. The number of hydrogen-bond acceptors (Lipinski definition) is 2. The van der Waals surface area contributed by atoms with Crippen LogP contribution in [0.4, 0.5) is 14.9 Å². The number of halogens is 1. The molecule has 0 aliphatic rings. The summed E-state index contributed by atoms with van der Waals surface area (Å²) >= 11 is 0. The van der Waals surface area contributed by atoms with Crippen molar-refractivity contribution >= 4 is 17.7 Å². The van der Waals surface area contributed by atoms with E-state index >= 15 is 0 Å². The number of carboxylic acids is 1. The molecule has 6 nitrogen and oxygen atoms in total. The van der Waals surface area contributed by atoms with Crippen molar-refractivity contribution in [2.75, 3.05) is 5.32 Å². The molecule has 0 bridgehead atoms. The van der Waals surface area contributed by atoms with Crippen LogP contribution in [0.15, 0.2) is 30.3 Å². The van der Waals surface area contributed by atoms with Gasteiger partial charge in [-0.15, -0.1) is 0 Å². The van der Waals surface area contributed by atoms with Gasteiger partial charge < -0.3 is 20.7 Å². The summed E-state index contributed by atoms with van der Waals surface area (Å²) in [5, 5.41) is 13.9. The summed E-state index contributed by atoms with van der Waals surface area (Å²) in [7, 11) is 0. The molecule has 2 aromatic rings.